The molecule has 1 saturated carbocycles. The van der Waals surface area contributed by atoms with Crippen LogP contribution < -0.4 is 5.32 Å². The zero-order valence-corrected chi connectivity index (χ0v) is 12.8. The van der Waals surface area contributed by atoms with Gasteiger partial charge in [-0.1, -0.05) is 12.8 Å². The number of halogens is 1. The smallest absolute Gasteiger partial charge is 0.126 e. The quantitative estimate of drug-likeness (QED) is 0.899. The van der Waals surface area contributed by atoms with E-state index in [-0.39, 0.29) is 0 Å². The molecule has 0 bridgehead atoms. The van der Waals surface area contributed by atoms with Crippen LogP contribution in [0.15, 0.2) is 16.6 Å². The molecule has 1 N–H and O–H groups in total. The molecule has 0 aliphatic heterocycles. The van der Waals surface area contributed by atoms with Crippen LogP contribution >= 0.6 is 27.7 Å². The van der Waals surface area contributed by atoms with Crippen molar-refractivity contribution in [2.45, 2.75) is 37.4 Å². The fourth-order valence-electron chi connectivity index (χ4n) is 2.37. The normalized spacial score (nSPS) is 18.3. The second kappa shape index (κ2) is 5.61. The number of pyridine rings is 1. The maximum absolute atomic E-state index is 4.53. The second-order valence-electron chi connectivity index (χ2n) is 4.71. The highest BCUT2D eigenvalue weighted by Gasteiger charge is 2.32. The first-order chi connectivity index (χ1) is 8.15. The first kappa shape index (κ1) is 13.2. The molecule has 94 valence electrons. The maximum Gasteiger partial charge on any atom is 0.126 e. The SMILES string of the molecule is CSC1(CNc2ccc(Br)c(C)n2)CCCC1. The van der Waals surface area contributed by atoms with Crippen LogP contribution in [0.5, 0.6) is 0 Å². The highest BCUT2D eigenvalue weighted by atomic mass is 79.9. The third kappa shape index (κ3) is 3.16. The number of anilines is 1. The summed E-state index contributed by atoms with van der Waals surface area (Å²) >= 11 is 5.48. The van der Waals surface area contributed by atoms with Crippen LogP contribution in [-0.4, -0.2) is 22.5 Å². The van der Waals surface area contributed by atoms with Gasteiger partial charge in [-0.25, -0.2) is 4.98 Å². The molecule has 4 heteroatoms. The van der Waals surface area contributed by atoms with Crippen LogP contribution in [0.1, 0.15) is 31.4 Å². The largest absolute Gasteiger partial charge is 0.369 e. The zero-order valence-electron chi connectivity index (χ0n) is 10.4. The van der Waals surface area contributed by atoms with Crippen molar-refractivity contribution in [2.24, 2.45) is 0 Å². The molecule has 0 radical (unpaired) electrons. The summed E-state index contributed by atoms with van der Waals surface area (Å²) in [5, 5.41) is 3.49. The van der Waals surface area contributed by atoms with Crippen LogP contribution in [0, 0.1) is 6.92 Å². The molecule has 2 nitrogen and oxygen atoms in total. The van der Waals surface area contributed by atoms with Gasteiger partial charge in [0.05, 0.1) is 5.69 Å². The van der Waals surface area contributed by atoms with E-state index in [1.165, 1.54) is 25.7 Å². The Hall–Kier alpha value is -0.220. The van der Waals surface area contributed by atoms with Gasteiger partial charge >= 0.3 is 0 Å². The summed E-state index contributed by atoms with van der Waals surface area (Å²) in [5.74, 6) is 0.992. The predicted octanol–water partition coefficient (Wildman–Crippen LogP) is 4.24. The maximum atomic E-state index is 4.53. The van der Waals surface area contributed by atoms with Crippen molar-refractivity contribution in [3.05, 3.63) is 22.3 Å². The van der Waals surface area contributed by atoms with Crippen molar-refractivity contribution in [3.8, 4) is 0 Å². The van der Waals surface area contributed by atoms with Crippen LogP contribution in [0.3, 0.4) is 0 Å². The van der Waals surface area contributed by atoms with E-state index in [4.69, 9.17) is 0 Å². The Kier molecular flexibility index (Phi) is 4.36. The summed E-state index contributed by atoms with van der Waals surface area (Å²) in [7, 11) is 0. The van der Waals surface area contributed by atoms with Crippen molar-refractivity contribution < 1.29 is 0 Å². The number of hydrogen-bond donors (Lipinski definition) is 1. The van der Waals surface area contributed by atoms with Crippen LogP contribution in [0.4, 0.5) is 5.82 Å². The topological polar surface area (TPSA) is 24.9 Å². The minimum absolute atomic E-state index is 0.433. The molecule has 17 heavy (non-hydrogen) atoms. The second-order valence-corrected chi connectivity index (χ2v) is 6.84. The van der Waals surface area contributed by atoms with E-state index in [0.717, 1.165) is 22.5 Å². The van der Waals surface area contributed by atoms with Crippen molar-refractivity contribution in [3.63, 3.8) is 0 Å². The van der Waals surface area contributed by atoms with Crippen LogP contribution in [0.25, 0.3) is 0 Å². The fourth-order valence-corrected chi connectivity index (χ4v) is 3.50. The fraction of sp³-hybridized carbons (Fsp3) is 0.615. The molecule has 1 aromatic heterocycles. The Bertz CT molecular complexity index is 389. The van der Waals surface area contributed by atoms with E-state index < -0.39 is 0 Å². The first-order valence-electron chi connectivity index (χ1n) is 6.07. The molecular formula is C13H19BrN2S. The molecule has 0 spiro atoms. The van der Waals surface area contributed by atoms with E-state index in [9.17, 15) is 0 Å². The first-order valence-corrected chi connectivity index (χ1v) is 8.09. The molecule has 2 rings (SSSR count). The lowest BCUT2D eigenvalue weighted by molar-refractivity contribution is 0.638. The molecule has 0 atom stereocenters. The number of rotatable bonds is 4. The lowest BCUT2D eigenvalue weighted by atomic mass is 10.1. The molecular weight excluding hydrogens is 296 g/mol. The molecule has 0 unspecified atom stereocenters. The molecule has 1 aliphatic carbocycles. The summed E-state index contributed by atoms with van der Waals surface area (Å²) in [6.45, 7) is 3.05. The van der Waals surface area contributed by atoms with Gasteiger partial charge < -0.3 is 5.32 Å². The average Bonchev–Trinajstić information content (AvgIpc) is 2.80. The monoisotopic (exact) mass is 314 g/mol. The average molecular weight is 315 g/mol. The standard InChI is InChI=1S/C13H19BrN2S/c1-10-11(14)5-6-12(16-10)15-9-13(17-2)7-3-4-8-13/h5-6H,3-4,7-9H2,1-2H3,(H,15,16). The van der Waals surface area contributed by atoms with Gasteiger partial charge in [-0.05, 0) is 54.1 Å². The molecule has 0 aromatic carbocycles. The van der Waals surface area contributed by atoms with Gasteiger partial charge in [0.15, 0.2) is 0 Å². The molecule has 0 saturated heterocycles. The summed E-state index contributed by atoms with van der Waals surface area (Å²) in [6, 6.07) is 4.10. The summed E-state index contributed by atoms with van der Waals surface area (Å²) < 4.78 is 1.51. The minimum Gasteiger partial charge on any atom is -0.369 e. The van der Waals surface area contributed by atoms with Gasteiger partial charge in [0, 0.05) is 15.8 Å². The Morgan fingerprint density at radius 1 is 1.41 bits per heavy atom. The van der Waals surface area contributed by atoms with E-state index in [1.54, 1.807) is 0 Å². The lowest BCUT2D eigenvalue weighted by Gasteiger charge is -2.27. The number of nitrogens with zero attached hydrogens (tertiary/aromatic N) is 1. The van der Waals surface area contributed by atoms with Crippen molar-refractivity contribution >= 4 is 33.5 Å². The number of thioether (sulfide) groups is 1. The van der Waals surface area contributed by atoms with Gasteiger partial charge in [0.25, 0.3) is 0 Å². The Balaban J connectivity index is 1.99. The highest BCUT2D eigenvalue weighted by molar-refractivity contribution is 9.10. The highest BCUT2D eigenvalue weighted by Crippen LogP contribution is 2.40. The Labute approximate surface area is 116 Å². The number of aryl methyl sites for hydroxylation is 1. The Morgan fingerprint density at radius 2 is 2.12 bits per heavy atom. The van der Waals surface area contributed by atoms with Gasteiger partial charge in [0.2, 0.25) is 0 Å². The molecule has 0 amide bonds. The van der Waals surface area contributed by atoms with Crippen molar-refractivity contribution in [1.82, 2.24) is 4.98 Å². The summed E-state index contributed by atoms with van der Waals surface area (Å²) in [6.07, 6.45) is 7.63. The van der Waals surface area contributed by atoms with Gasteiger partial charge in [-0.15, -0.1) is 0 Å². The zero-order chi connectivity index (χ0) is 12.3. The van der Waals surface area contributed by atoms with Gasteiger partial charge in [-0.2, -0.15) is 11.8 Å². The molecule has 1 aliphatic rings. The van der Waals surface area contributed by atoms with Crippen molar-refractivity contribution in [2.75, 3.05) is 18.1 Å². The summed E-state index contributed by atoms with van der Waals surface area (Å²) in [4.78, 5) is 4.53. The van der Waals surface area contributed by atoms with Crippen molar-refractivity contribution in [1.29, 1.82) is 0 Å². The van der Waals surface area contributed by atoms with E-state index in [2.05, 4.69) is 38.6 Å². The van der Waals surface area contributed by atoms with E-state index in [0.29, 0.717) is 4.75 Å². The van der Waals surface area contributed by atoms with E-state index >= 15 is 0 Å². The van der Waals surface area contributed by atoms with Crippen LogP contribution in [0.2, 0.25) is 0 Å². The van der Waals surface area contributed by atoms with Gasteiger partial charge in [0.1, 0.15) is 5.82 Å². The summed E-state index contributed by atoms with van der Waals surface area (Å²) in [5.41, 5.74) is 1.04. The minimum atomic E-state index is 0.433. The molecule has 1 heterocycles. The number of nitrogens with one attached hydrogen (secondary N) is 1. The lowest BCUT2D eigenvalue weighted by Crippen LogP contribution is -2.30. The Morgan fingerprint density at radius 3 is 2.71 bits per heavy atom. The third-order valence-electron chi connectivity index (χ3n) is 3.56. The van der Waals surface area contributed by atoms with Gasteiger partial charge in [-0.3, -0.25) is 0 Å². The van der Waals surface area contributed by atoms with E-state index in [1.807, 2.05) is 24.8 Å². The number of aromatic nitrogens is 1. The third-order valence-corrected chi connectivity index (χ3v) is 5.82. The van der Waals surface area contributed by atoms with Crippen LogP contribution in [-0.2, 0) is 0 Å². The number of hydrogen-bond acceptors (Lipinski definition) is 3. The molecule has 1 fully saturated rings. The molecule has 1 aromatic rings. The predicted molar refractivity (Wildman–Crippen MR) is 79.9 cm³/mol.